The van der Waals surface area contributed by atoms with Crippen LogP contribution in [0.4, 0.5) is 0 Å². The summed E-state index contributed by atoms with van der Waals surface area (Å²) in [6, 6.07) is 17.2. The van der Waals surface area contributed by atoms with Crippen LogP contribution in [0, 0.1) is 18.3 Å². The lowest BCUT2D eigenvalue weighted by Crippen LogP contribution is -2.20. The predicted molar refractivity (Wildman–Crippen MR) is 83.2 cm³/mol. The molecule has 2 aromatic rings. The zero-order chi connectivity index (χ0) is 15.1. The molecule has 0 spiro atoms. The zero-order valence-electron chi connectivity index (χ0n) is 11.8. The molecule has 0 aliphatic carbocycles. The van der Waals surface area contributed by atoms with Crippen molar-refractivity contribution < 1.29 is 4.79 Å². The first-order chi connectivity index (χ1) is 10.2. The minimum absolute atomic E-state index is 0.139. The summed E-state index contributed by atoms with van der Waals surface area (Å²) in [5.74, 6) is -0.139. The highest BCUT2D eigenvalue weighted by Crippen LogP contribution is 2.05. The number of benzene rings is 2. The second-order valence-electron chi connectivity index (χ2n) is 4.77. The summed E-state index contributed by atoms with van der Waals surface area (Å²) < 4.78 is 0. The van der Waals surface area contributed by atoms with E-state index < -0.39 is 0 Å². The fourth-order valence-corrected chi connectivity index (χ4v) is 1.79. The normalized spacial score (nSPS) is 10.3. The summed E-state index contributed by atoms with van der Waals surface area (Å²) in [4.78, 5) is 11.7. The van der Waals surface area contributed by atoms with Crippen LogP contribution in [-0.2, 0) is 11.3 Å². The number of hydrogen-bond acceptors (Lipinski definition) is 2. The van der Waals surface area contributed by atoms with E-state index in [0.717, 1.165) is 11.1 Å². The molecule has 3 heteroatoms. The van der Waals surface area contributed by atoms with Crippen molar-refractivity contribution in [2.24, 2.45) is 0 Å². The Morgan fingerprint density at radius 2 is 1.81 bits per heavy atom. The molecule has 0 saturated heterocycles. The monoisotopic (exact) mass is 276 g/mol. The minimum Gasteiger partial charge on any atom is -0.348 e. The highest BCUT2D eigenvalue weighted by Gasteiger charge is 1.97. The average molecular weight is 276 g/mol. The number of carbonyl (C=O) groups is 1. The third-order valence-electron chi connectivity index (χ3n) is 3.05. The molecule has 104 valence electrons. The van der Waals surface area contributed by atoms with E-state index in [4.69, 9.17) is 5.26 Å². The van der Waals surface area contributed by atoms with Gasteiger partial charge >= 0.3 is 0 Å². The van der Waals surface area contributed by atoms with Gasteiger partial charge in [-0.05, 0) is 36.3 Å². The number of nitrogens with zero attached hydrogens (tertiary/aromatic N) is 1. The van der Waals surface area contributed by atoms with E-state index in [-0.39, 0.29) is 5.91 Å². The van der Waals surface area contributed by atoms with E-state index >= 15 is 0 Å². The SMILES string of the molecule is Cc1ccc(CNC(=O)/C=C/c2ccc(C#N)cc2)cc1. The van der Waals surface area contributed by atoms with Crippen molar-refractivity contribution in [1.82, 2.24) is 5.32 Å². The van der Waals surface area contributed by atoms with Crippen molar-refractivity contribution in [2.45, 2.75) is 13.5 Å². The molecular weight excluding hydrogens is 260 g/mol. The maximum atomic E-state index is 11.7. The number of aryl methyl sites for hydroxylation is 1. The van der Waals surface area contributed by atoms with Crippen LogP contribution in [0.3, 0.4) is 0 Å². The molecule has 3 nitrogen and oxygen atoms in total. The van der Waals surface area contributed by atoms with Gasteiger partial charge in [0.25, 0.3) is 0 Å². The molecule has 2 rings (SSSR count). The van der Waals surface area contributed by atoms with Gasteiger partial charge in [0.05, 0.1) is 11.6 Å². The third kappa shape index (κ3) is 4.63. The highest BCUT2D eigenvalue weighted by molar-refractivity contribution is 5.91. The van der Waals surface area contributed by atoms with Crippen LogP contribution < -0.4 is 5.32 Å². The van der Waals surface area contributed by atoms with Crippen molar-refractivity contribution in [3.05, 3.63) is 76.9 Å². The van der Waals surface area contributed by atoms with Gasteiger partial charge in [-0.2, -0.15) is 5.26 Å². The Morgan fingerprint density at radius 1 is 1.14 bits per heavy atom. The highest BCUT2D eigenvalue weighted by atomic mass is 16.1. The van der Waals surface area contributed by atoms with E-state index in [1.54, 1.807) is 18.2 Å². The second kappa shape index (κ2) is 7.06. The Hall–Kier alpha value is -2.86. The van der Waals surface area contributed by atoms with Crippen molar-refractivity contribution in [3.63, 3.8) is 0 Å². The van der Waals surface area contributed by atoms with Crippen molar-refractivity contribution >= 4 is 12.0 Å². The van der Waals surface area contributed by atoms with Gasteiger partial charge in [-0.25, -0.2) is 0 Å². The van der Waals surface area contributed by atoms with Gasteiger partial charge in [0, 0.05) is 12.6 Å². The molecule has 0 fully saturated rings. The molecule has 1 N–H and O–H groups in total. The van der Waals surface area contributed by atoms with Gasteiger partial charge in [0.1, 0.15) is 0 Å². The molecule has 2 aromatic carbocycles. The van der Waals surface area contributed by atoms with Crippen LogP contribution in [0.1, 0.15) is 22.3 Å². The first-order valence-corrected chi connectivity index (χ1v) is 6.69. The molecule has 0 saturated carbocycles. The Labute approximate surface area is 124 Å². The summed E-state index contributed by atoms with van der Waals surface area (Å²) in [6.07, 6.45) is 3.22. The number of amides is 1. The second-order valence-corrected chi connectivity index (χ2v) is 4.77. The van der Waals surface area contributed by atoms with Gasteiger partial charge in [0.15, 0.2) is 0 Å². The molecule has 0 aliphatic rings. The van der Waals surface area contributed by atoms with E-state index in [0.29, 0.717) is 12.1 Å². The summed E-state index contributed by atoms with van der Waals surface area (Å²) in [6.45, 7) is 2.54. The van der Waals surface area contributed by atoms with Gasteiger partial charge in [-0.3, -0.25) is 4.79 Å². The van der Waals surface area contributed by atoms with E-state index in [9.17, 15) is 4.79 Å². The summed E-state index contributed by atoms with van der Waals surface area (Å²) in [5.41, 5.74) is 3.77. The van der Waals surface area contributed by atoms with Gasteiger partial charge in [-0.15, -0.1) is 0 Å². The molecule has 0 aliphatic heterocycles. The number of rotatable bonds is 4. The Kier molecular flexibility index (Phi) is 4.89. The van der Waals surface area contributed by atoms with Crippen LogP contribution >= 0.6 is 0 Å². The lowest BCUT2D eigenvalue weighted by Gasteiger charge is -2.03. The van der Waals surface area contributed by atoms with Crippen LogP contribution in [0.25, 0.3) is 6.08 Å². The van der Waals surface area contributed by atoms with Gasteiger partial charge in [-0.1, -0.05) is 42.0 Å². The maximum absolute atomic E-state index is 11.7. The quantitative estimate of drug-likeness (QED) is 0.872. The molecule has 21 heavy (non-hydrogen) atoms. The lowest BCUT2D eigenvalue weighted by molar-refractivity contribution is -0.116. The van der Waals surface area contributed by atoms with Crippen LogP contribution in [0.15, 0.2) is 54.6 Å². The smallest absolute Gasteiger partial charge is 0.244 e. The van der Waals surface area contributed by atoms with Gasteiger partial charge < -0.3 is 5.32 Å². The van der Waals surface area contributed by atoms with Crippen molar-refractivity contribution in [3.8, 4) is 6.07 Å². The Bertz CT molecular complexity index is 677. The standard InChI is InChI=1S/C18H16N2O/c1-14-2-4-17(5-3-14)13-20-18(21)11-10-15-6-8-16(12-19)9-7-15/h2-11H,13H2,1H3,(H,20,21)/b11-10+. The lowest BCUT2D eigenvalue weighted by atomic mass is 10.1. The molecule has 1 amide bonds. The van der Waals surface area contributed by atoms with E-state index in [2.05, 4.69) is 11.4 Å². The molecule has 0 unspecified atom stereocenters. The number of carbonyl (C=O) groups excluding carboxylic acids is 1. The van der Waals surface area contributed by atoms with Crippen LogP contribution in [-0.4, -0.2) is 5.91 Å². The average Bonchev–Trinajstić information content (AvgIpc) is 2.53. The number of nitriles is 1. The topological polar surface area (TPSA) is 52.9 Å². The summed E-state index contributed by atoms with van der Waals surface area (Å²) in [7, 11) is 0. The summed E-state index contributed by atoms with van der Waals surface area (Å²) in [5, 5.41) is 11.5. The fourth-order valence-electron chi connectivity index (χ4n) is 1.79. The summed E-state index contributed by atoms with van der Waals surface area (Å²) >= 11 is 0. The zero-order valence-corrected chi connectivity index (χ0v) is 11.8. The van der Waals surface area contributed by atoms with E-state index in [1.165, 1.54) is 11.6 Å². The predicted octanol–water partition coefficient (Wildman–Crippen LogP) is 3.20. The molecular formula is C18H16N2O. The Morgan fingerprint density at radius 3 is 2.43 bits per heavy atom. The molecule has 0 radical (unpaired) electrons. The fraction of sp³-hybridized carbons (Fsp3) is 0.111. The first kappa shape index (κ1) is 14.5. The molecule has 0 aromatic heterocycles. The van der Waals surface area contributed by atoms with Crippen molar-refractivity contribution in [1.29, 1.82) is 5.26 Å². The Balaban J connectivity index is 1.87. The minimum atomic E-state index is -0.139. The maximum Gasteiger partial charge on any atom is 0.244 e. The van der Waals surface area contributed by atoms with Crippen LogP contribution in [0.2, 0.25) is 0 Å². The number of nitrogens with one attached hydrogen (secondary N) is 1. The van der Waals surface area contributed by atoms with Gasteiger partial charge in [0.2, 0.25) is 5.91 Å². The first-order valence-electron chi connectivity index (χ1n) is 6.69. The van der Waals surface area contributed by atoms with Crippen molar-refractivity contribution in [2.75, 3.05) is 0 Å². The van der Waals surface area contributed by atoms with E-state index in [1.807, 2.05) is 43.3 Å². The molecule has 0 heterocycles. The molecule has 0 atom stereocenters. The number of hydrogen-bond donors (Lipinski definition) is 1. The molecule has 0 bridgehead atoms. The van der Waals surface area contributed by atoms with Crippen LogP contribution in [0.5, 0.6) is 0 Å². The largest absolute Gasteiger partial charge is 0.348 e. The third-order valence-corrected chi connectivity index (χ3v) is 3.05.